The first kappa shape index (κ1) is 14.0. The fraction of sp³-hybridized carbons (Fsp3) is 0.200. The Balaban J connectivity index is 1.85. The van der Waals surface area contributed by atoms with Crippen molar-refractivity contribution in [1.82, 2.24) is 0 Å². The van der Waals surface area contributed by atoms with E-state index >= 15 is 0 Å². The largest absolute Gasteiger partial charge is 0.378 e. The fourth-order valence-corrected chi connectivity index (χ4v) is 3.29. The Kier molecular flexibility index (Phi) is 3.63. The molecular weight excluding hydrogens is 339 g/mol. The molecule has 0 saturated heterocycles. The molecule has 0 heterocycles. The summed E-state index contributed by atoms with van der Waals surface area (Å²) in [5, 5.41) is 13.9. The molecule has 0 aromatic heterocycles. The highest BCUT2D eigenvalue weighted by Crippen LogP contribution is 2.37. The van der Waals surface area contributed by atoms with Crippen molar-refractivity contribution >= 4 is 27.3 Å². The number of fused-ring (bicyclic) bond motifs is 1. The molecule has 0 aliphatic heterocycles. The van der Waals surface area contributed by atoms with Gasteiger partial charge in [0, 0.05) is 22.3 Å². The first-order chi connectivity index (χ1) is 10.1. The van der Waals surface area contributed by atoms with Crippen molar-refractivity contribution in [2.45, 2.75) is 18.9 Å². The van der Waals surface area contributed by atoms with E-state index in [0.717, 1.165) is 17.3 Å². The Morgan fingerprint density at radius 3 is 2.86 bits per heavy atom. The predicted molar refractivity (Wildman–Crippen MR) is 81.9 cm³/mol. The van der Waals surface area contributed by atoms with Gasteiger partial charge in [-0.15, -0.1) is 0 Å². The van der Waals surface area contributed by atoms with E-state index in [9.17, 15) is 14.5 Å². The molecule has 108 valence electrons. The summed E-state index contributed by atoms with van der Waals surface area (Å²) in [6.45, 7) is 0. The van der Waals surface area contributed by atoms with Gasteiger partial charge in [-0.3, -0.25) is 10.1 Å². The molecule has 0 amide bonds. The van der Waals surface area contributed by atoms with Crippen LogP contribution in [0.3, 0.4) is 0 Å². The molecule has 4 nitrogen and oxygen atoms in total. The molecule has 2 aromatic carbocycles. The molecule has 1 aliphatic carbocycles. The minimum absolute atomic E-state index is 0.0957. The number of anilines is 1. The monoisotopic (exact) mass is 350 g/mol. The molecule has 1 atom stereocenters. The van der Waals surface area contributed by atoms with Gasteiger partial charge in [0.25, 0.3) is 0 Å². The smallest absolute Gasteiger partial charge is 0.304 e. The van der Waals surface area contributed by atoms with Gasteiger partial charge in [0.05, 0.1) is 11.0 Å². The van der Waals surface area contributed by atoms with E-state index in [-0.39, 0.29) is 6.04 Å². The summed E-state index contributed by atoms with van der Waals surface area (Å²) < 4.78 is 14.7. The zero-order valence-corrected chi connectivity index (χ0v) is 12.6. The van der Waals surface area contributed by atoms with Gasteiger partial charge < -0.3 is 5.32 Å². The lowest BCUT2D eigenvalue weighted by Crippen LogP contribution is -2.07. The Morgan fingerprint density at radius 1 is 1.33 bits per heavy atom. The lowest BCUT2D eigenvalue weighted by atomic mass is 10.1. The predicted octanol–water partition coefficient (Wildman–Crippen LogP) is 4.60. The second-order valence-electron chi connectivity index (χ2n) is 4.97. The molecule has 1 unspecified atom stereocenters. The van der Waals surface area contributed by atoms with E-state index in [4.69, 9.17) is 0 Å². The maximum absolute atomic E-state index is 13.6. The van der Waals surface area contributed by atoms with E-state index in [1.54, 1.807) is 0 Å². The Hall–Kier alpha value is -1.95. The van der Waals surface area contributed by atoms with Crippen LogP contribution in [-0.4, -0.2) is 4.92 Å². The number of nitrogens with zero attached hydrogens (tertiary/aromatic N) is 1. The molecular formula is C15H12BrFN2O2. The number of benzene rings is 2. The first-order valence-corrected chi connectivity index (χ1v) is 7.33. The Bertz CT molecular complexity index is 721. The van der Waals surface area contributed by atoms with Gasteiger partial charge in [0.15, 0.2) is 0 Å². The van der Waals surface area contributed by atoms with Crippen LogP contribution < -0.4 is 5.32 Å². The van der Waals surface area contributed by atoms with Crippen LogP contribution in [0.25, 0.3) is 0 Å². The van der Waals surface area contributed by atoms with Gasteiger partial charge in [-0.1, -0.05) is 28.1 Å². The van der Waals surface area contributed by atoms with Gasteiger partial charge >= 0.3 is 5.69 Å². The molecule has 0 bridgehead atoms. The van der Waals surface area contributed by atoms with Crippen molar-refractivity contribution in [1.29, 1.82) is 0 Å². The lowest BCUT2D eigenvalue weighted by Gasteiger charge is -2.15. The standard InChI is InChI=1S/C15H12BrFN2O2/c16-12-3-1-2-11-10(12)5-6-14(11)18-9-4-7-15(19(20)21)13(17)8-9/h1-4,7-8,14,18H,5-6H2. The average molecular weight is 351 g/mol. The molecule has 1 N–H and O–H groups in total. The van der Waals surface area contributed by atoms with Gasteiger partial charge in [-0.05, 0) is 36.1 Å². The normalized spacial score (nSPS) is 16.6. The molecule has 0 spiro atoms. The van der Waals surface area contributed by atoms with Gasteiger partial charge in [0.1, 0.15) is 0 Å². The van der Waals surface area contributed by atoms with Gasteiger partial charge in [-0.2, -0.15) is 4.39 Å². The summed E-state index contributed by atoms with van der Waals surface area (Å²) in [4.78, 5) is 9.90. The topological polar surface area (TPSA) is 55.2 Å². The van der Waals surface area contributed by atoms with Crippen molar-refractivity contribution in [3.05, 3.63) is 67.9 Å². The van der Waals surface area contributed by atoms with Crippen LogP contribution in [0.1, 0.15) is 23.6 Å². The summed E-state index contributed by atoms with van der Waals surface area (Å²) in [7, 11) is 0. The Labute approximate surface area is 129 Å². The van der Waals surface area contributed by atoms with Gasteiger partial charge in [0.2, 0.25) is 5.82 Å². The van der Waals surface area contributed by atoms with E-state index in [0.29, 0.717) is 5.69 Å². The molecule has 0 saturated carbocycles. The third-order valence-corrected chi connectivity index (χ3v) is 4.44. The molecule has 21 heavy (non-hydrogen) atoms. The highest BCUT2D eigenvalue weighted by atomic mass is 79.9. The van der Waals surface area contributed by atoms with Crippen LogP contribution in [0.5, 0.6) is 0 Å². The quantitative estimate of drug-likeness (QED) is 0.650. The van der Waals surface area contributed by atoms with Crippen LogP contribution in [0, 0.1) is 15.9 Å². The molecule has 0 fully saturated rings. The third kappa shape index (κ3) is 2.63. The van der Waals surface area contributed by atoms with Crippen LogP contribution >= 0.6 is 15.9 Å². The molecule has 0 radical (unpaired) electrons. The number of hydrogen-bond acceptors (Lipinski definition) is 3. The van der Waals surface area contributed by atoms with E-state index in [1.165, 1.54) is 29.3 Å². The molecule has 3 rings (SSSR count). The van der Waals surface area contributed by atoms with Crippen molar-refractivity contribution < 1.29 is 9.31 Å². The van der Waals surface area contributed by atoms with E-state index in [1.807, 2.05) is 18.2 Å². The highest BCUT2D eigenvalue weighted by Gasteiger charge is 2.24. The summed E-state index contributed by atoms with van der Waals surface area (Å²) in [5.41, 5.74) is 2.49. The number of rotatable bonds is 3. The molecule has 6 heteroatoms. The number of hydrogen-bond donors (Lipinski definition) is 1. The fourth-order valence-electron chi connectivity index (χ4n) is 2.71. The van der Waals surface area contributed by atoms with Crippen LogP contribution in [0.4, 0.5) is 15.8 Å². The van der Waals surface area contributed by atoms with E-state index < -0.39 is 16.4 Å². The van der Waals surface area contributed by atoms with Crippen molar-refractivity contribution in [2.24, 2.45) is 0 Å². The number of nitro groups is 1. The average Bonchev–Trinajstić information content (AvgIpc) is 2.83. The second-order valence-corrected chi connectivity index (χ2v) is 5.82. The summed E-state index contributed by atoms with van der Waals surface area (Å²) in [6, 6.07) is 10.0. The SMILES string of the molecule is O=[N+]([O-])c1ccc(NC2CCc3c(Br)cccc32)cc1F. The van der Waals surface area contributed by atoms with Crippen molar-refractivity contribution in [3.8, 4) is 0 Å². The number of nitrogens with one attached hydrogen (secondary N) is 1. The maximum atomic E-state index is 13.6. The number of nitro benzene ring substituents is 1. The third-order valence-electron chi connectivity index (χ3n) is 3.70. The first-order valence-electron chi connectivity index (χ1n) is 6.54. The van der Waals surface area contributed by atoms with Crippen molar-refractivity contribution in [2.75, 3.05) is 5.32 Å². The van der Waals surface area contributed by atoms with E-state index in [2.05, 4.69) is 21.2 Å². The zero-order valence-electron chi connectivity index (χ0n) is 11.0. The highest BCUT2D eigenvalue weighted by molar-refractivity contribution is 9.10. The van der Waals surface area contributed by atoms with Crippen LogP contribution in [0.15, 0.2) is 40.9 Å². The summed E-state index contributed by atoms with van der Waals surface area (Å²) >= 11 is 3.53. The van der Waals surface area contributed by atoms with Gasteiger partial charge in [-0.25, -0.2) is 0 Å². The minimum Gasteiger partial charge on any atom is -0.378 e. The zero-order chi connectivity index (χ0) is 15.0. The Morgan fingerprint density at radius 2 is 2.14 bits per heavy atom. The minimum atomic E-state index is -0.822. The molecule has 2 aromatic rings. The summed E-state index contributed by atoms with van der Waals surface area (Å²) in [5.74, 6) is -0.822. The summed E-state index contributed by atoms with van der Waals surface area (Å²) in [6.07, 6.45) is 1.86. The number of halogens is 2. The van der Waals surface area contributed by atoms with Crippen LogP contribution in [-0.2, 0) is 6.42 Å². The molecule has 1 aliphatic rings. The second kappa shape index (κ2) is 5.44. The van der Waals surface area contributed by atoms with Crippen molar-refractivity contribution in [3.63, 3.8) is 0 Å². The van der Waals surface area contributed by atoms with Crippen LogP contribution in [0.2, 0.25) is 0 Å². The maximum Gasteiger partial charge on any atom is 0.304 e. The lowest BCUT2D eigenvalue weighted by molar-refractivity contribution is -0.387.